The van der Waals surface area contributed by atoms with Gasteiger partial charge in [0.25, 0.3) is 0 Å². The van der Waals surface area contributed by atoms with Gasteiger partial charge in [0.05, 0.1) is 11.9 Å². The molecular weight excluding hydrogens is 291 g/mol. The maximum atomic E-state index is 13.7. The summed E-state index contributed by atoms with van der Waals surface area (Å²) in [6.45, 7) is 4.43. The van der Waals surface area contributed by atoms with E-state index in [1.807, 2.05) is 0 Å². The molecule has 0 aromatic heterocycles. The van der Waals surface area contributed by atoms with Crippen LogP contribution in [0.25, 0.3) is 0 Å². The van der Waals surface area contributed by atoms with Crippen LogP contribution < -0.4 is 10.0 Å². The summed E-state index contributed by atoms with van der Waals surface area (Å²) in [5, 5.41) is 3.43. The highest BCUT2D eigenvalue weighted by Gasteiger charge is 2.27. The zero-order valence-electron chi connectivity index (χ0n) is 12.7. The van der Waals surface area contributed by atoms with E-state index in [0.717, 1.165) is 11.9 Å². The molecule has 0 heterocycles. The fourth-order valence-electron chi connectivity index (χ4n) is 3.05. The van der Waals surface area contributed by atoms with E-state index in [2.05, 4.69) is 23.9 Å². The first kappa shape index (κ1) is 16.1. The Morgan fingerprint density at radius 2 is 1.81 bits per heavy atom. The van der Waals surface area contributed by atoms with Crippen molar-refractivity contribution in [1.29, 1.82) is 0 Å². The maximum absolute atomic E-state index is 13.7. The predicted molar refractivity (Wildman–Crippen MR) is 84.5 cm³/mol. The molecule has 2 rings (SSSR count). The van der Waals surface area contributed by atoms with Gasteiger partial charge >= 0.3 is 0 Å². The van der Waals surface area contributed by atoms with Gasteiger partial charge in [-0.2, -0.15) is 0 Å². The van der Waals surface area contributed by atoms with Crippen LogP contribution in [0.1, 0.15) is 33.1 Å². The molecule has 0 radical (unpaired) electrons. The molecule has 1 fully saturated rings. The minimum absolute atomic E-state index is 0.0152. The van der Waals surface area contributed by atoms with E-state index in [4.69, 9.17) is 0 Å². The van der Waals surface area contributed by atoms with Gasteiger partial charge in [-0.1, -0.05) is 20.3 Å². The molecule has 2 atom stereocenters. The number of anilines is 2. The summed E-state index contributed by atoms with van der Waals surface area (Å²) in [4.78, 5) is 0. The lowest BCUT2D eigenvalue weighted by Gasteiger charge is -2.36. The molecule has 4 nitrogen and oxygen atoms in total. The van der Waals surface area contributed by atoms with Gasteiger partial charge in [-0.05, 0) is 42.9 Å². The van der Waals surface area contributed by atoms with Gasteiger partial charge in [0.2, 0.25) is 10.0 Å². The van der Waals surface area contributed by atoms with Crippen LogP contribution in [0.2, 0.25) is 0 Å². The van der Waals surface area contributed by atoms with Gasteiger partial charge in [-0.15, -0.1) is 0 Å². The van der Waals surface area contributed by atoms with E-state index in [1.54, 1.807) is 6.07 Å². The molecule has 0 saturated heterocycles. The summed E-state index contributed by atoms with van der Waals surface area (Å²) >= 11 is 0. The Labute approximate surface area is 126 Å². The molecule has 118 valence electrons. The van der Waals surface area contributed by atoms with E-state index in [0.29, 0.717) is 17.9 Å². The Bertz CT molecular complexity index is 594. The molecule has 1 aliphatic carbocycles. The van der Waals surface area contributed by atoms with Crippen molar-refractivity contribution in [2.75, 3.05) is 16.3 Å². The first-order chi connectivity index (χ1) is 9.76. The fraction of sp³-hybridized carbons (Fsp3) is 0.600. The molecule has 21 heavy (non-hydrogen) atoms. The average Bonchev–Trinajstić information content (AvgIpc) is 2.36. The van der Waals surface area contributed by atoms with E-state index in [-0.39, 0.29) is 5.69 Å². The Kier molecular flexibility index (Phi) is 4.76. The predicted octanol–water partition coefficient (Wildman–Crippen LogP) is 3.43. The van der Waals surface area contributed by atoms with Crippen molar-refractivity contribution in [3.8, 4) is 0 Å². The summed E-state index contributed by atoms with van der Waals surface area (Å²) in [6, 6.07) is 4.78. The SMILES string of the molecule is CC1CCCC(C)C1Nc1ccc(F)c(NS(C)(=O)=O)c1. The number of halogens is 1. The third-order valence-corrected chi connectivity index (χ3v) is 4.73. The fourth-order valence-corrected chi connectivity index (χ4v) is 3.61. The van der Waals surface area contributed by atoms with Crippen molar-refractivity contribution in [2.24, 2.45) is 11.8 Å². The molecule has 0 spiro atoms. The minimum Gasteiger partial charge on any atom is -0.382 e. The molecule has 0 amide bonds. The Morgan fingerprint density at radius 1 is 1.19 bits per heavy atom. The lowest BCUT2D eigenvalue weighted by Crippen LogP contribution is -2.37. The largest absolute Gasteiger partial charge is 0.382 e. The van der Waals surface area contributed by atoms with Crippen molar-refractivity contribution in [1.82, 2.24) is 0 Å². The summed E-state index contributed by atoms with van der Waals surface area (Å²) in [7, 11) is -3.49. The number of benzene rings is 1. The molecule has 0 bridgehead atoms. The standard InChI is InChI=1S/C15H23FN2O2S/c1-10-5-4-6-11(2)15(10)17-12-7-8-13(16)14(9-12)18-21(3,19)20/h7-11,15,17-18H,4-6H2,1-3H3. The van der Waals surface area contributed by atoms with Crippen LogP contribution >= 0.6 is 0 Å². The van der Waals surface area contributed by atoms with Crippen molar-refractivity contribution in [3.63, 3.8) is 0 Å². The molecule has 1 saturated carbocycles. The second-order valence-electron chi connectivity index (χ2n) is 6.12. The monoisotopic (exact) mass is 314 g/mol. The van der Waals surface area contributed by atoms with Gasteiger partial charge in [-0.3, -0.25) is 4.72 Å². The molecule has 1 aromatic carbocycles. The first-order valence-corrected chi connectivity index (χ1v) is 9.19. The highest BCUT2D eigenvalue weighted by Crippen LogP contribution is 2.32. The minimum atomic E-state index is -3.49. The first-order valence-electron chi connectivity index (χ1n) is 7.30. The molecule has 1 aromatic rings. The smallest absolute Gasteiger partial charge is 0.229 e. The molecule has 2 N–H and O–H groups in total. The van der Waals surface area contributed by atoms with E-state index in [9.17, 15) is 12.8 Å². The summed E-state index contributed by atoms with van der Waals surface area (Å²) in [6.07, 6.45) is 4.61. The summed E-state index contributed by atoms with van der Waals surface area (Å²) < 4.78 is 38.4. The van der Waals surface area contributed by atoms with Crippen LogP contribution in [0.3, 0.4) is 0 Å². The van der Waals surface area contributed by atoms with E-state index >= 15 is 0 Å². The van der Waals surface area contributed by atoms with Gasteiger partial charge in [0.15, 0.2) is 0 Å². The van der Waals surface area contributed by atoms with Gasteiger partial charge < -0.3 is 5.32 Å². The van der Waals surface area contributed by atoms with Crippen LogP contribution in [0, 0.1) is 17.7 Å². The van der Waals surface area contributed by atoms with Crippen molar-refractivity contribution < 1.29 is 12.8 Å². The van der Waals surface area contributed by atoms with Crippen molar-refractivity contribution in [3.05, 3.63) is 24.0 Å². The lowest BCUT2D eigenvalue weighted by molar-refractivity contribution is 0.268. The van der Waals surface area contributed by atoms with Gasteiger partial charge in [-0.25, -0.2) is 12.8 Å². The van der Waals surface area contributed by atoms with Gasteiger partial charge in [0, 0.05) is 11.7 Å². The Morgan fingerprint density at radius 3 is 2.38 bits per heavy atom. The average molecular weight is 314 g/mol. The van der Waals surface area contributed by atoms with Gasteiger partial charge in [0.1, 0.15) is 5.82 Å². The van der Waals surface area contributed by atoms with Crippen LogP contribution in [-0.2, 0) is 10.0 Å². The third-order valence-electron chi connectivity index (χ3n) is 4.14. The van der Waals surface area contributed by atoms with Crippen molar-refractivity contribution >= 4 is 21.4 Å². The molecule has 6 heteroatoms. The summed E-state index contributed by atoms with van der Waals surface area (Å²) in [5.74, 6) is 0.519. The quantitative estimate of drug-likeness (QED) is 0.895. The highest BCUT2D eigenvalue weighted by molar-refractivity contribution is 7.92. The van der Waals surface area contributed by atoms with Crippen LogP contribution in [-0.4, -0.2) is 20.7 Å². The number of hydrogen-bond donors (Lipinski definition) is 2. The topological polar surface area (TPSA) is 58.2 Å². The number of sulfonamides is 1. The Hall–Kier alpha value is -1.30. The third kappa shape index (κ3) is 4.33. The van der Waals surface area contributed by atoms with Crippen LogP contribution in [0.15, 0.2) is 18.2 Å². The normalized spacial score (nSPS) is 26.4. The zero-order valence-corrected chi connectivity index (χ0v) is 13.5. The molecular formula is C15H23FN2O2S. The Balaban J connectivity index is 2.18. The van der Waals surface area contributed by atoms with E-state index < -0.39 is 15.8 Å². The highest BCUT2D eigenvalue weighted by atomic mass is 32.2. The summed E-state index contributed by atoms with van der Waals surface area (Å²) in [5.41, 5.74) is 0.728. The van der Waals surface area contributed by atoms with Crippen LogP contribution in [0.5, 0.6) is 0 Å². The van der Waals surface area contributed by atoms with E-state index in [1.165, 1.54) is 31.4 Å². The molecule has 2 unspecified atom stereocenters. The lowest BCUT2D eigenvalue weighted by atomic mass is 9.78. The van der Waals surface area contributed by atoms with Crippen molar-refractivity contribution in [2.45, 2.75) is 39.2 Å². The number of hydrogen-bond acceptors (Lipinski definition) is 3. The second kappa shape index (κ2) is 6.22. The number of rotatable bonds is 4. The van der Waals surface area contributed by atoms with Crippen LogP contribution in [0.4, 0.5) is 15.8 Å². The molecule has 1 aliphatic rings. The number of nitrogens with one attached hydrogen (secondary N) is 2. The maximum Gasteiger partial charge on any atom is 0.229 e. The molecule has 0 aliphatic heterocycles. The zero-order chi connectivity index (χ0) is 15.6. The second-order valence-corrected chi connectivity index (χ2v) is 7.87.